The summed E-state index contributed by atoms with van der Waals surface area (Å²) in [6.07, 6.45) is 0. The van der Waals surface area contributed by atoms with Crippen molar-refractivity contribution in [3.05, 3.63) is 65.2 Å². The van der Waals surface area contributed by atoms with E-state index < -0.39 is 17.4 Å². The lowest BCUT2D eigenvalue weighted by molar-refractivity contribution is -0.132. The lowest BCUT2D eigenvalue weighted by Gasteiger charge is -2.28. The molecular weight excluding hydrogens is 328 g/mol. The second kappa shape index (κ2) is 8.04. The molecular formula is C21H26N2O3. The highest BCUT2D eigenvalue weighted by molar-refractivity contribution is 5.91. The average Bonchev–Trinajstić information content (AvgIpc) is 2.60. The van der Waals surface area contributed by atoms with Crippen LogP contribution in [-0.4, -0.2) is 18.4 Å². The molecule has 0 saturated carbocycles. The molecule has 2 amide bonds. The standard InChI is InChI=1S/C21H26N2O3/c1-14(2)17-11-10-15(3)12-18(17)26-13-19(24)23-21(4,20(22)25)16-8-6-5-7-9-16/h5-12,14H,13H2,1-4H3,(H2,22,25)(H,23,24)/t21-/m0/s1. The number of carbonyl (C=O) groups is 2. The van der Waals surface area contributed by atoms with E-state index in [1.165, 1.54) is 0 Å². The summed E-state index contributed by atoms with van der Waals surface area (Å²) in [4.78, 5) is 24.4. The monoisotopic (exact) mass is 354 g/mol. The molecule has 1 atom stereocenters. The molecule has 0 bridgehead atoms. The Morgan fingerprint density at radius 1 is 1.15 bits per heavy atom. The Balaban J connectivity index is 2.13. The summed E-state index contributed by atoms with van der Waals surface area (Å²) in [7, 11) is 0. The molecule has 2 aromatic rings. The summed E-state index contributed by atoms with van der Waals surface area (Å²) in [5, 5.41) is 2.70. The number of hydrogen-bond acceptors (Lipinski definition) is 3. The molecule has 0 radical (unpaired) electrons. The van der Waals surface area contributed by atoms with Gasteiger partial charge in [-0.2, -0.15) is 0 Å². The quantitative estimate of drug-likeness (QED) is 0.802. The first-order valence-electron chi connectivity index (χ1n) is 8.64. The van der Waals surface area contributed by atoms with E-state index in [1.54, 1.807) is 31.2 Å². The number of aryl methyl sites for hydroxylation is 1. The molecule has 3 N–H and O–H groups in total. The van der Waals surface area contributed by atoms with Gasteiger partial charge in [0.2, 0.25) is 5.91 Å². The van der Waals surface area contributed by atoms with Crippen molar-refractivity contribution in [2.75, 3.05) is 6.61 Å². The maximum atomic E-state index is 12.4. The summed E-state index contributed by atoms with van der Waals surface area (Å²) in [5.41, 5.74) is 6.96. The van der Waals surface area contributed by atoms with Crippen molar-refractivity contribution in [3.63, 3.8) is 0 Å². The van der Waals surface area contributed by atoms with Crippen molar-refractivity contribution in [1.82, 2.24) is 5.32 Å². The Kier molecular flexibility index (Phi) is 6.03. The molecule has 0 spiro atoms. The van der Waals surface area contributed by atoms with E-state index in [1.807, 2.05) is 31.2 Å². The molecule has 5 heteroatoms. The van der Waals surface area contributed by atoms with Gasteiger partial charge in [0.15, 0.2) is 6.61 Å². The molecule has 0 aliphatic rings. The van der Waals surface area contributed by atoms with Crippen LogP contribution >= 0.6 is 0 Å². The van der Waals surface area contributed by atoms with E-state index in [9.17, 15) is 9.59 Å². The summed E-state index contributed by atoms with van der Waals surface area (Å²) in [6.45, 7) is 7.50. The van der Waals surface area contributed by atoms with Gasteiger partial charge in [0.25, 0.3) is 5.91 Å². The van der Waals surface area contributed by atoms with E-state index in [4.69, 9.17) is 10.5 Å². The Hall–Kier alpha value is -2.82. The molecule has 2 rings (SSSR count). The normalized spacial score (nSPS) is 13.1. The van der Waals surface area contributed by atoms with Gasteiger partial charge in [-0.15, -0.1) is 0 Å². The molecule has 0 aliphatic carbocycles. The van der Waals surface area contributed by atoms with Gasteiger partial charge in [-0.05, 0) is 42.5 Å². The third kappa shape index (κ3) is 4.42. The topological polar surface area (TPSA) is 81.4 Å². The molecule has 0 unspecified atom stereocenters. The molecule has 0 heterocycles. The third-order valence-electron chi connectivity index (χ3n) is 4.38. The maximum absolute atomic E-state index is 12.4. The third-order valence-corrected chi connectivity index (χ3v) is 4.38. The van der Waals surface area contributed by atoms with Gasteiger partial charge >= 0.3 is 0 Å². The van der Waals surface area contributed by atoms with Crippen molar-refractivity contribution in [1.29, 1.82) is 0 Å². The van der Waals surface area contributed by atoms with E-state index in [-0.39, 0.29) is 12.5 Å². The van der Waals surface area contributed by atoms with Gasteiger partial charge in [-0.3, -0.25) is 9.59 Å². The van der Waals surface area contributed by atoms with E-state index >= 15 is 0 Å². The maximum Gasteiger partial charge on any atom is 0.259 e. The van der Waals surface area contributed by atoms with Crippen molar-refractivity contribution >= 4 is 11.8 Å². The smallest absolute Gasteiger partial charge is 0.259 e. The summed E-state index contributed by atoms with van der Waals surface area (Å²) in [5.74, 6) is -0.0913. The number of hydrogen-bond donors (Lipinski definition) is 2. The number of carbonyl (C=O) groups excluding carboxylic acids is 2. The van der Waals surface area contributed by atoms with Gasteiger partial charge < -0.3 is 15.8 Å². The fourth-order valence-electron chi connectivity index (χ4n) is 2.75. The minimum absolute atomic E-state index is 0.196. The molecule has 0 fully saturated rings. The molecule has 138 valence electrons. The molecule has 0 saturated heterocycles. The highest BCUT2D eigenvalue weighted by Gasteiger charge is 2.34. The van der Waals surface area contributed by atoms with Crippen molar-refractivity contribution < 1.29 is 14.3 Å². The van der Waals surface area contributed by atoms with Crippen LogP contribution in [0.4, 0.5) is 0 Å². The highest BCUT2D eigenvalue weighted by Crippen LogP contribution is 2.27. The van der Waals surface area contributed by atoms with Gasteiger partial charge in [0.05, 0.1) is 0 Å². The summed E-state index contributed by atoms with van der Waals surface area (Å²) < 4.78 is 5.74. The average molecular weight is 354 g/mol. The SMILES string of the molecule is Cc1ccc(C(C)C)c(OCC(=O)N[C@](C)(C(N)=O)c2ccccc2)c1. The van der Waals surface area contributed by atoms with Crippen LogP contribution in [0, 0.1) is 6.92 Å². The molecule has 26 heavy (non-hydrogen) atoms. The first-order valence-corrected chi connectivity index (χ1v) is 8.64. The second-order valence-corrected chi connectivity index (χ2v) is 6.89. The van der Waals surface area contributed by atoms with Gasteiger partial charge in [0.1, 0.15) is 11.3 Å². The first-order chi connectivity index (χ1) is 12.2. The number of benzene rings is 2. The fourth-order valence-corrected chi connectivity index (χ4v) is 2.75. The Labute approximate surface area is 154 Å². The van der Waals surface area contributed by atoms with Crippen LogP contribution in [0.2, 0.25) is 0 Å². The number of nitrogens with one attached hydrogen (secondary N) is 1. The van der Waals surface area contributed by atoms with E-state index in [0.29, 0.717) is 11.3 Å². The zero-order chi connectivity index (χ0) is 19.3. The molecule has 5 nitrogen and oxygen atoms in total. The minimum Gasteiger partial charge on any atom is -0.483 e. The number of ether oxygens (including phenoxy) is 1. The van der Waals surface area contributed by atoms with E-state index in [2.05, 4.69) is 19.2 Å². The van der Waals surface area contributed by atoms with Crippen LogP contribution in [0.25, 0.3) is 0 Å². The van der Waals surface area contributed by atoms with Crippen LogP contribution in [0.15, 0.2) is 48.5 Å². The molecule has 0 aliphatic heterocycles. The predicted octanol–water partition coefficient (Wildman–Crippen LogP) is 3.01. The minimum atomic E-state index is -1.30. The van der Waals surface area contributed by atoms with Crippen LogP contribution in [0.1, 0.15) is 43.4 Å². The summed E-state index contributed by atoms with van der Waals surface area (Å²) >= 11 is 0. The second-order valence-electron chi connectivity index (χ2n) is 6.89. The van der Waals surface area contributed by atoms with Crippen molar-refractivity contribution in [2.24, 2.45) is 5.73 Å². The Morgan fingerprint density at radius 2 is 1.81 bits per heavy atom. The first kappa shape index (κ1) is 19.5. The highest BCUT2D eigenvalue weighted by atomic mass is 16.5. The lowest BCUT2D eigenvalue weighted by Crippen LogP contribution is -2.53. The lowest BCUT2D eigenvalue weighted by atomic mass is 9.91. The summed E-state index contributed by atoms with van der Waals surface area (Å²) in [6, 6.07) is 14.9. The Morgan fingerprint density at radius 3 is 2.38 bits per heavy atom. The van der Waals surface area contributed by atoms with Gasteiger partial charge in [-0.1, -0.05) is 56.3 Å². The number of rotatable bonds is 7. The van der Waals surface area contributed by atoms with Crippen LogP contribution in [-0.2, 0) is 15.1 Å². The number of amides is 2. The van der Waals surface area contributed by atoms with Crippen LogP contribution in [0.5, 0.6) is 5.75 Å². The van der Waals surface area contributed by atoms with Crippen LogP contribution < -0.4 is 15.8 Å². The van der Waals surface area contributed by atoms with Gasteiger partial charge in [-0.25, -0.2) is 0 Å². The van der Waals surface area contributed by atoms with Gasteiger partial charge in [0, 0.05) is 0 Å². The number of primary amides is 1. The van der Waals surface area contributed by atoms with Crippen LogP contribution in [0.3, 0.4) is 0 Å². The number of nitrogens with two attached hydrogens (primary N) is 1. The predicted molar refractivity (Wildman–Crippen MR) is 102 cm³/mol. The van der Waals surface area contributed by atoms with Crippen molar-refractivity contribution in [3.8, 4) is 5.75 Å². The van der Waals surface area contributed by atoms with E-state index in [0.717, 1.165) is 11.1 Å². The zero-order valence-corrected chi connectivity index (χ0v) is 15.7. The fraction of sp³-hybridized carbons (Fsp3) is 0.333. The Bertz CT molecular complexity index is 787. The molecule has 0 aromatic heterocycles. The van der Waals surface area contributed by atoms with Crippen molar-refractivity contribution in [2.45, 2.75) is 39.2 Å². The zero-order valence-electron chi connectivity index (χ0n) is 15.7. The molecule has 2 aromatic carbocycles. The largest absolute Gasteiger partial charge is 0.483 e.